The van der Waals surface area contributed by atoms with E-state index in [2.05, 4.69) is 13.5 Å². The maximum Gasteiger partial charge on any atom is 0.0719 e. The SMILES string of the molecule is C=CCCCCCC(N)C(CC)OC. The number of hydrogen-bond acceptors (Lipinski definition) is 2. The van der Waals surface area contributed by atoms with Crippen LogP contribution in [-0.2, 0) is 4.74 Å². The molecule has 0 amide bonds. The second-order valence-corrected chi connectivity index (χ2v) is 3.77. The second kappa shape index (κ2) is 9.22. The predicted octanol–water partition coefficient (Wildman–Crippen LogP) is 2.88. The van der Waals surface area contributed by atoms with Gasteiger partial charge in [-0.15, -0.1) is 6.58 Å². The second-order valence-electron chi connectivity index (χ2n) is 3.77. The molecule has 2 unspecified atom stereocenters. The monoisotopic (exact) mass is 199 g/mol. The molecule has 0 rings (SSSR count). The minimum Gasteiger partial charge on any atom is -0.380 e. The van der Waals surface area contributed by atoms with E-state index in [1.165, 1.54) is 19.3 Å². The average Bonchev–Trinajstić information content (AvgIpc) is 2.19. The van der Waals surface area contributed by atoms with Gasteiger partial charge in [-0.25, -0.2) is 0 Å². The van der Waals surface area contributed by atoms with Gasteiger partial charge in [0.2, 0.25) is 0 Å². The van der Waals surface area contributed by atoms with Crippen LogP contribution in [0.1, 0.15) is 45.4 Å². The molecule has 84 valence electrons. The van der Waals surface area contributed by atoms with Gasteiger partial charge in [-0.05, 0) is 25.7 Å². The zero-order valence-corrected chi connectivity index (χ0v) is 9.67. The Labute approximate surface area is 88.5 Å². The zero-order chi connectivity index (χ0) is 10.8. The predicted molar refractivity (Wildman–Crippen MR) is 62.3 cm³/mol. The number of hydrogen-bond donors (Lipinski definition) is 1. The molecule has 0 aliphatic rings. The third-order valence-electron chi connectivity index (χ3n) is 2.63. The standard InChI is InChI=1S/C12H25NO/c1-4-6-7-8-9-10-11(13)12(5-2)14-3/h4,11-12H,1,5-10,13H2,2-3H3. The van der Waals surface area contributed by atoms with Crippen LogP contribution in [0.3, 0.4) is 0 Å². The quantitative estimate of drug-likeness (QED) is 0.458. The van der Waals surface area contributed by atoms with Crippen molar-refractivity contribution >= 4 is 0 Å². The van der Waals surface area contributed by atoms with Crippen molar-refractivity contribution in [1.29, 1.82) is 0 Å². The van der Waals surface area contributed by atoms with Crippen molar-refractivity contribution < 1.29 is 4.74 Å². The molecular weight excluding hydrogens is 174 g/mol. The summed E-state index contributed by atoms with van der Waals surface area (Å²) in [6.45, 7) is 5.82. The van der Waals surface area contributed by atoms with Crippen LogP contribution in [0.5, 0.6) is 0 Å². The van der Waals surface area contributed by atoms with Crippen LogP contribution in [0.4, 0.5) is 0 Å². The van der Waals surface area contributed by atoms with Crippen LogP contribution in [0, 0.1) is 0 Å². The lowest BCUT2D eigenvalue weighted by Crippen LogP contribution is -2.35. The summed E-state index contributed by atoms with van der Waals surface area (Å²) >= 11 is 0. The van der Waals surface area contributed by atoms with Crippen molar-refractivity contribution in [2.24, 2.45) is 5.73 Å². The minimum absolute atomic E-state index is 0.203. The molecule has 0 aromatic rings. The average molecular weight is 199 g/mol. The molecule has 2 atom stereocenters. The van der Waals surface area contributed by atoms with Crippen molar-refractivity contribution in [3.05, 3.63) is 12.7 Å². The van der Waals surface area contributed by atoms with E-state index in [1.807, 2.05) is 6.08 Å². The molecule has 0 aromatic heterocycles. The number of methoxy groups -OCH3 is 1. The Bertz CT molecular complexity index is 132. The van der Waals surface area contributed by atoms with Gasteiger partial charge in [0.25, 0.3) is 0 Å². The van der Waals surface area contributed by atoms with E-state index < -0.39 is 0 Å². The molecule has 0 aliphatic heterocycles. The van der Waals surface area contributed by atoms with Crippen molar-refractivity contribution in [2.45, 2.75) is 57.6 Å². The minimum atomic E-state index is 0.203. The van der Waals surface area contributed by atoms with E-state index in [4.69, 9.17) is 10.5 Å². The van der Waals surface area contributed by atoms with Gasteiger partial charge in [-0.1, -0.05) is 25.8 Å². The van der Waals surface area contributed by atoms with Crippen LogP contribution in [0.2, 0.25) is 0 Å². The summed E-state index contributed by atoms with van der Waals surface area (Å²) in [6.07, 6.45) is 9.10. The Morgan fingerprint density at radius 1 is 1.36 bits per heavy atom. The highest BCUT2D eigenvalue weighted by Crippen LogP contribution is 2.10. The first kappa shape index (κ1) is 13.7. The van der Waals surface area contributed by atoms with E-state index in [1.54, 1.807) is 7.11 Å². The van der Waals surface area contributed by atoms with Crippen molar-refractivity contribution in [1.82, 2.24) is 0 Å². The van der Waals surface area contributed by atoms with Gasteiger partial charge >= 0.3 is 0 Å². The summed E-state index contributed by atoms with van der Waals surface area (Å²) in [6, 6.07) is 0.203. The Hall–Kier alpha value is -0.340. The molecule has 14 heavy (non-hydrogen) atoms. The topological polar surface area (TPSA) is 35.2 Å². The van der Waals surface area contributed by atoms with E-state index in [0.717, 1.165) is 19.3 Å². The van der Waals surface area contributed by atoms with Crippen LogP contribution < -0.4 is 5.73 Å². The summed E-state index contributed by atoms with van der Waals surface area (Å²) in [5.41, 5.74) is 6.01. The van der Waals surface area contributed by atoms with Crippen LogP contribution in [0.15, 0.2) is 12.7 Å². The highest BCUT2D eigenvalue weighted by molar-refractivity contribution is 4.72. The molecule has 0 spiro atoms. The number of ether oxygens (including phenoxy) is 1. The molecule has 0 saturated heterocycles. The van der Waals surface area contributed by atoms with Crippen molar-refractivity contribution in [3.8, 4) is 0 Å². The van der Waals surface area contributed by atoms with E-state index in [9.17, 15) is 0 Å². The number of rotatable bonds is 9. The molecule has 2 N–H and O–H groups in total. The van der Waals surface area contributed by atoms with Crippen LogP contribution in [0.25, 0.3) is 0 Å². The molecule has 2 nitrogen and oxygen atoms in total. The Balaban J connectivity index is 3.41. The summed E-state index contributed by atoms with van der Waals surface area (Å²) in [4.78, 5) is 0. The summed E-state index contributed by atoms with van der Waals surface area (Å²) in [5, 5.41) is 0. The molecule has 0 heterocycles. The number of allylic oxidation sites excluding steroid dienone is 1. The number of unbranched alkanes of at least 4 members (excludes halogenated alkanes) is 3. The Kier molecular flexibility index (Phi) is 9.00. The van der Waals surface area contributed by atoms with Crippen molar-refractivity contribution in [2.75, 3.05) is 7.11 Å². The normalized spacial score (nSPS) is 15.1. The molecule has 0 fully saturated rings. The first-order valence-electron chi connectivity index (χ1n) is 5.65. The fraction of sp³-hybridized carbons (Fsp3) is 0.833. The van der Waals surface area contributed by atoms with Gasteiger partial charge in [0, 0.05) is 13.2 Å². The lowest BCUT2D eigenvalue weighted by atomic mass is 10.0. The van der Waals surface area contributed by atoms with E-state index >= 15 is 0 Å². The molecule has 0 radical (unpaired) electrons. The molecule has 2 heteroatoms. The molecule has 0 saturated carbocycles. The van der Waals surface area contributed by atoms with Crippen molar-refractivity contribution in [3.63, 3.8) is 0 Å². The molecular formula is C12H25NO. The fourth-order valence-corrected chi connectivity index (χ4v) is 1.68. The highest BCUT2D eigenvalue weighted by atomic mass is 16.5. The Morgan fingerprint density at radius 3 is 2.57 bits per heavy atom. The zero-order valence-electron chi connectivity index (χ0n) is 9.67. The maximum absolute atomic E-state index is 6.01. The smallest absolute Gasteiger partial charge is 0.0719 e. The van der Waals surface area contributed by atoms with Gasteiger partial charge < -0.3 is 10.5 Å². The van der Waals surface area contributed by atoms with Crippen LogP contribution >= 0.6 is 0 Å². The third-order valence-corrected chi connectivity index (χ3v) is 2.63. The lowest BCUT2D eigenvalue weighted by Gasteiger charge is -2.20. The largest absolute Gasteiger partial charge is 0.380 e. The fourth-order valence-electron chi connectivity index (χ4n) is 1.68. The van der Waals surface area contributed by atoms with Gasteiger partial charge in [0.05, 0.1) is 6.10 Å². The van der Waals surface area contributed by atoms with E-state index in [-0.39, 0.29) is 12.1 Å². The molecule has 0 bridgehead atoms. The first-order chi connectivity index (χ1) is 6.76. The van der Waals surface area contributed by atoms with Crippen LogP contribution in [-0.4, -0.2) is 19.3 Å². The van der Waals surface area contributed by atoms with Gasteiger partial charge in [0.15, 0.2) is 0 Å². The maximum atomic E-state index is 6.01. The first-order valence-corrected chi connectivity index (χ1v) is 5.65. The van der Waals surface area contributed by atoms with Gasteiger partial charge in [0.1, 0.15) is 0 Å². The third kappa shape index (κ3) is 6.17. The molecule has 0 aromatic carbocycles. The molecule has 0 aliphatic carbocycles. The lowest BCUT2D eigenvalue weighted by molar-refractivity contribution is 0.0740. The number of nitrogens with two attached hydrogens (primary N) is 1. The van der Waals surface area contributed by atoms with E-state index in [0.29, 0.717) is 0 Å². The van der Waals surface area contributed by atoms with Gasteiger partial charge in [-0.3, -0.25) is 0 Å². The summed E-state index contributed by atoms with van der Waals surface area (Å²) in [7, 11) is 1.74. The van der Waals surface area contributed by atoms with Gasteiger partial charge in [-0.2, -0.15) is 0 Å². The summed E-state index contributed by atoms with van der Waals surface area (Å²) < 4.78 is 5.30. The Morgan fingerprint density at radius 2 is 2.07 bits per heavy atom. The highest BCUT2D eigenvalue weighted by Gasteiger charge is 2.13. The summed E-state index contributed by atoms with van der Waals surface area (Å²) in [5.74, 6) is 0.